The summed E-state index contributed by atoms with van der Waals surface area (Å²) in [5, 5.41) is -0.480. The van der Waals surface area contributed by atoms with Gasteiger partial charge in [-0.2, -0.15) is 0 Å². The van der Waals surface area contributed by atoms with E-state index in [0.29, 0.717) is 12.3 Å². The molecule has 1 heterocycles. The molecule has 1 amide bonds. The SMILES string of the molecule is CCOc1cccc(C=C2C(=O)SC(=O)N2c2cc3c(cc2C)C(C)(C)CCC3(C)C)c1. The number of carbonyl (C=O) groups is 2. The van der Waals surface area contributed by atoms with Crippen molar-refractivity contribution < 1.29 is 14.3 Å². The lowest BCUT2D eigenvalue weighted by molar-refractivity contribution is -0.107. The third kappa shape index (κ3) is 3.99. The zero-order chi connectivity index (χ0) is 23.3. The molecule has 0 atom stereocenters. The topological polar surface area (TPSA) is 46.6 Å². The normalized spacial score (nSPS) is 20.6. The number of fused-ring (bicyclic) bond motifs is 1. The second-order valence-corrected chi connectivity index (χ2v) is 10.9. The van der Waals surface area contributed by atoms with Crippen molar-refractivity contribution in [1.29, 1.82) is 0 Å². The van der Waals surface area contributed by atoms with Gasteiger partial charge in [0.25, 0.3) is 5.24 Å². The highest BCUT2D eigenvalue weighted by Crippen LogP contribution is 2.49. The molecule has 2 aromatic rings. The van der Waals surface area contributed by atoms with Crippen molar-refractivity contribution in [2.24, 2.45) is 0 Å². The Bertz CT molecular complexity index is 1130. The van der Waals surface area contributed by atoms with Crippen molar-refractivity contribution in [3.8, 4) is 5.75 Å². The molecule has 4 nitrogen and oxygen atoms in total. The Morgan fingerprint density at radius 3 is 2.34 bits per heavy atom. The van der Waals surface area contributed by atoms with Gasteiger partial charge in [0.2, 0.25) is 5.12 Å². The van der Waals surface area contributed by atoms with Crippen LogP contribution in [0.3, 0.4) is 0 Å². The van der Waals surface area contributed by atoms with Crippen molar-refractivity contribution >= 4 is 33.9 Å². The molecule has 0 spiro atoms. The molecule has 1 saturated heterocycles. The smallest absolute Gasteiger partial charge is 0.298 e. The highest BCUT2D eigenvalue weighted by Gasteiger charge is 2.41. The van der Waals surface area contributed by atoms with Gasteiger partial charge in [0.15, 0.2) is 0 Å². The van der Waals surface area contributed by atoms with Crippen LogP contribution in [-0.2, 0) is 15.6 Å². The van der Waals surface area contributed by atoms with Crippen molar-refractivity contribution in [2.75, 3.05) is 11.5 Å². The summed E-state index contributed by atoms with van der Waals surface area (Å²) in [6.45, 7) is 13.6. The lowest BCUT2D eigenvalue weighted by Gasteiger charge is -2.42. The van der Waals surface area contributed by atoms with Gasteiger partial charge in [-0.25, -0.2) is 0 Å². The first kappa shape index (κ1) is 22.7. The number of hydrogen-bond donors (Lipinski definition) is 0. The average Bonchev–Trinajstić information content (AvgIpc) is 2.99. The van der Waals surface area contributed by atoms with Crippen LogP contribution in [0.1, 0.15) is 69.7 Å². The first-order chi connectivity index (χ1) is 15.0. The van der Waals surface area contributed by atoms with Crippen LogP contribution in [0, 0.1) is 6.92 Å². The minimum absolute atomic E-state index is 0.0168. The number of thioether (sulfide) groups is 1. The molecule has 1 fully saturated rings. The molecular weight excluding hydrogens is 418 g/mol. The largest absolute Gasteiger partial charge is 0.494 e. The number of ether oxygens (including phenoxy) is 1. The van der Waals surface area contributed by atoms with Gasteiger partial charge in [-0.1, -0.05) is 45.9 Å². The number of anilines is 1. The van der Waals surface area contributed by atoms with E-state index in [1.54, 1.807) is 11.0 Å². The van der Waals surface area contributed by atoms with E-state index in [4.69, 9.17) is 4.74 Å². The highest BCUT2D eigenvalue weighted by atomic mass is 32.2. The third-order valence-corrected chi connectivity index (χ3v) is 7.45. The van der Waals surface area contributed by atoms with Crippen LogP contribution in [0.25, 0.3) is 6.08 Å². The second kappa shape index (κ2) is 8.11. The van der Waals surface area contributed by atoms with E-state index in [2.05, 4.69) is 39.8 Å². The maximum atomic E-state index is 13.0. The van der Waals surface area contributed by atoms with E-state index in [9.17, 15) is 9.59 Å². The number of nitrogens with zero attached hydrogens (tertiary/aromatic N) is 1. The van der Waals surface area contributed by atoms with Crippen LogP contribution in [-0.4, -0.2) is 17.0 Å². The summed E-state index contributed by atoms with van der Waals surface area (Å²) in [6, 6.07) is 12.0. The monoisotopic (exact) mass is 449 g/mol. The fraction of sp³-hybridized carbons (Fsp3) is 0.407. The number of benzene rings is 2. The summed E-state index contributed by atoms with van der Waals surface area (Å²) in [5.41, 5.74) is 5.74. The van der Waals surface area contributed by atoms with Crippen molar-refractivity contribution in [2.45, 2.75) is 65.2 Å². The molecule has 2 aliphatic rings. The summed E-state index contributed by atoms with van der Waals surface area (Å²) in [7, 11) is 0. The van der Waals surface area contributed by atoms with Gasteiger partial charge in [-0.05, 0) is 84.0 Å². The summed E-state index contributed by atoms with van der Waals surface area (Å²) in [5.74, 6) is 0.742. The quantitative estimate of drug-likeness (QED) is 0.472. The van der Waals surface area contributed by atoms with E-state index >= 15 is 0 Å². The van der Waals surface area contributed by atoms with Crippen LogP contribution in [0.5, 0.6) is 5.75 Å². The van der Waals surface area contributed by atoms with E-state index in [1.165, 1.54) is 11.1 Å². The molecule has 1 aliphatic heterocycles. The summed E-state index contributed by atoms with van der Waals surface area (Å²) in [4.78, 5) is 27.4. The molecule has 0 radical (unpaired) electrons. The Morgan fingerprint density at radius 2 is 1.69 bits per heavy atom. The van der Waals surface area contributed by atoms with Crippen LogP contribution in [0.2, 0.25) is 0 Å². The van der Waals surface area contributed by atoms with Crippen molar-refractivity contribution in [3.05, 3.63) is 64.3 Å². The number of carbonyl (C=O) groups excluding carboxylic acids is 2. The number of amides is 1. The molecule has 0 unspecified atom stereocenters. The summed E-state index contributed by atoms with van der Waals surface area (Å²) < 4.78 is 5.59. The van der Waals surface area contributed by atoms with Gasteiger partial charge in [0.1, 0.15) is 11.4 Å². The Morgan fingerprint density at radius 1 is 1.03 bits per heavy atom. The van der Waals surface area contributed by atoms with E-state index in [1.807, 2.05) is 38.1 Å². The third-order valence-electron chi connectivity index (χ3n) is 6.70. The average molecular weight is 450 g/mol. The summed E-state index contributed by atoms with van der Waals surface area (Å²) >= 11 is 0.760. The molecule has 0 saturated carbocycles. The van der Waals surface area contributed by atoms with Crippen LogP contribution < -0.4 is 9.64 Å². The van der Waals surface area contributed by atoms with Gasteiger partial charge >= 0.3 is 0 Å². The first-order valence-electron chi connectivity index (χ1n) is 11.2. The predicted octanol–water partition coefficient (Wildman–Crippen LogP) is 6.98. The zero-order valence-electron chi connectivity index (χ0n) is 19.7. The standard InChI is InChI=1S/C27H31NO3S/c1-7-31-19-10-8-9-18(14-19)15-23-24(29)32-25(30)28(23)22-16-21-20(13-17(22)2)26(3,4)11-12-27(21,5)6/h8-10,13-16H,7,11-12H2,1-6H3. The Hall–Kier alpha value is -2.53. The Balaban J connectivity index is 1.84. The van der Waals surface area contributed by atoms with Crippen molar-refractivity contribution in [3.63, 3.8) is 0 Å². The minimum Gasteiger partial charge on any atom is -0.494 e. The molecule has 0 aromatic heterocycles. The molecule has 32 heavy (non-hydrogen) atoms. The fourth-order valence-corrected chi connectivity index (χ4v) is 5.39. The minimum atomic E-state index is -0.252. The van der Waals surface area contributed by atoms with Crippen LogP contribution in [0.15, 0.2) is 42.1 Å². The van der Waals surface area contributed by atoms with E-state index in [0.717, 1.165) is 47.2 Å². The summed E-state index contributed by atoms with van der Waals surface area (Å²) in [6.07, 6.45) is 4.00. The molecule has 2 aromatic carbocycles. The maximum absolute atomic E-state index is 13.0. The van der Waals surface area contributed by atoms with Gasteiger partial charge in [0.05, 0.1) is 12.3 Å². The van der Waals surface area contributed by atoms with Gasteiger partial charge in [-0.15, -0.1) is 0 Å². The molecule has 5 heteroatoms. The van der Waals surface area contributed by atoms with E-state index in [-0.39, 0.29) is 21.2 Å². The second-order valence-electron chi connectivity index (χ2n) is 9.98. The Kier molecular flexibility index (Phi) is 5.74. The zero-order valence-corrected chi connectivity index (χ0v) is 20.6. The Labute approximate surface area is 195 Å². The molecule has 4 rings (SSSR count). The molecule has 0 N–H and O–H groups in total. The highest BCUT2D eigenvalue weighted by molar-refractivity contribution is 8.27. The molecular formula is C27H31NO3S. The molecule has 1 aliphatic carbocycles. The van der Waals surface area contributed by atoms with Gasteiger partial charge in [0, 0.05) is 11.8 Å². The van der Waals surface area contributed by atoms with Crippen LogP contribution in [0.4, 0.5) is 10.5 Å². The lowest BCUT2D eigenvalue weighted by atomic mass is 9.63. The van der Waals surface area contributed by atoms with Crippen molar-refractivity contribution in [1.82, 2.24) is 0 Å². The fourth-order valence-electron chi connectivity index (χ4n) is 4.69. The number of hydrogen-bond acceptors (Lipinski definition) is 4. The first-order valence-corrected chi connectivity index (χ1v) is 12.0. The van der Waals surface area contributed by atoms with Gasteiger partial charge < -0.3 is 4.74 Å². The lowest BCUT2D eigenvalue weighted by Crippen LogP contribution is -2.34. The van der Waals surface area contributed by atoms with Crippen LogP contribution >= 0.6 is 11.8 Å². The molecule has 168 valence electrons. The maximum Gasteiger partial charge on any atom is 0.298 e. The molecule has 0 bridgehead atoms. The van der Waals surface area contributed by atoms with E-state index < -0.39 is 0 Å². The number of aryl methyl sites for hydroxylation is 1. The number of rotatable bonds is 4. The predicted molar refractivity (Wildman–Crippen MR) is 133 cm³/mol. The van der Waals surface area contributed by atoms with Gasteiger partial charge in [-0.3, -0.25) is 14.5 Å².